The van der Waals surface area contributed by atoms with Crippen LogP contribution < -0.4 is 5.73 Å². The van der Waals surface area contributed by atoms with Crippen molar-refractivity contribution in [2.75, 3.05) is 0 Å². The van der Waals surface area contributed by atoms with Gasteiger partial charge in [0.2, 0.25) is 0 Å². The van der Waals surface area contributed by atoms with Crippen LogP contribution >= 0.6 is 8.69 Å². The molecule has 0 aliphatic carbocycles. The summed E-state index contributed by atoms with van der Waals surface area (Å²) >= 11 is 0. The second-order valence-electron chi connectivity index (χ2n) is 4.74. The first-order valence-electron chi connectivity index (χ1n) is 7.20. The molecule has 3 rings (SSSR count). The fourth-order valence-electron chi connectivity index (χ4n) is 2.01. The molecule has 0 spiro atoms. The predicted octanol–water partition coefficient (Wildman–Crippen LogP) is 5.22. The molecule has 116 valence electrons. The minimum atomic E-state index is -0.602. The Morgan fingerprint density at radius 3 is 1.48 bits per heavy atom. The quantitative estimate of drug-likeness (QED) is 0.529. The fourth-order valence-corrected chi connectivity index (χ4v) is 2.23. The van der Waals surface area contributed by atoms with Gasteiger partial charge in [0, 0.05) is 0 Å². The van der Waals surface area contributed by atoms with Gasteiger partial charge in [0.05, 0.1) is 0 Å². The summed E-state index contributed by atoms with van der Waals surface area (Å²) in [5.41, 5.74) is 8.84. The van der Waals surface area contributed by atoms with E-state index in [9.17, 15) is 4.57 Å². The van der Waals surface area contributed by atoms with Gasteiger partial charge in [-0.3, -0.25) is 4.52 Å². The number of nitrogens with two attached hydrogens (primary N) is 1. The van der Waals surface area contributed by atoms with Crippen molar-refractivity contribution in [2.24, 2.45) is 5.73 Å². The van der Waals surface area contributed by atoms with Gasteiger partial charge < -0.3 is 5.73 Å². The van der Waals surface area contributed by atoms with Crippen LogP contribution in [-0.4, -0.2) is 0 Å². The molecule has 1 atom stereocenters. The van der Waals surface area contributed by atoms with Gasteiger partial charge in [-0.15, -0.1) is 0 Å². The summed E-state index contributed by atoms with van der Waals surface area (Å²) in [6, 6.07) is 30.0. The van der Waals surface area contributed by atoms with Crippen LogP contribution in [0.3, 0.4) is 0 Å². The van der Waals surface area contributed by atoms with Gasteiger partial charge in [0.1, 0.15) is 6.23 Å². The Labute approximate surface area is 138 Å². The first-order valence-corrected chi connectivity index (χ1v) is 7.94. The topological polar surface area (TPSA) is 52.3 Å². The standard InChI is InChI=1S/C12H10.C7H8NO2P/c1-3-7-11(8-4-1)12-9-5-2-6-10-12;8-7(10-11-9)6-4-2-1-3-5-6/h1-10H;1-5,7H,8H2. The van der Waals surface area contributed by atoms with Crippen molar-refractivity contribution in [3.63, 3.8) is 0 Å². The van der Waals surface area contributed by atoms with Crippen LogP contribution in [0.4, 0.5) is 0 Å². The minimum Gasteiger partial charge on any atom is -0.301 e. The lowest BCUT2D eigenvalue weighted by Crippen LogP contribution is -2.09. The molecule has 0 aromatic heterocycles. The molecule has 1 unspecified atom stereocenters. The van der Waals surface area contributed by atoms with Crippen molar-refractivity contribution >= 4 is 8.69 Å². The normalized spacial score (nSPS) is 11.3. The van der Waals surface area contributed by atoms with Crippen LogP contribution in [0.25, 0.3) is 11.1 Å². The molecule has 0 aliphatic heterocycles. The monoisotopic (exact) mass is 323 g/mol. The van der Waals surface area contributed by atoms with E-state index in [1.165, 1.54) is 11.1 Å². The van der Waals surface area contributed by atoms with Crippen molar-refractivity contribution in [1.29, 1.82) is 0 Å². The number of benzene rings is 3. The lowest BCUT2D eigenvalue weighted by Gasteiger charge is -2.05. The second-order valence-corrected chi connectivity index (χ2v) is 5.10. The molecule has 0 fully saturated rings. The maximum absolute atomic E-state index is 9.98. The number of hydrogen-bond acceptors (Lipinski definition) is 3. The third kappa shape index (κ3) is 5.76. The van der Waals surface area contributed by atoms with Gasteiger partial charge in [-0.25, -0.2) is 4.57 Å². The van der Waals surface area contributed by atoms with E-state index in [0.717, 1.165) is 5.56 Å². The number of rotatable bonds is 4. The molecule has 0 saturated carbocycles. The Bertz CT molecular complexity index is 653. The van der Waals surface area contributed by atoms with Gasteiger partial charge in [-0.1, -0.05) is 91.0 Å². The van der Waals surface area contributed by atoms with E-state index in [1.807, 2.05) is 42.5 Å². The van der Waals surface area contributed by atoms with Crippen molar-refractivity contribution < 1.29 is 9.09 Å². The molecule has 0 heterocycles. The number of hydrogen-bond donors (Lipinski definition) is 1. The summed E-state index contributed by atoms with van der Waals surface area (Å²) < 4.78 is 14.6. The third-order valence-electron chi connectivity index (χ3n) is 3.17. The Hall–Kier alpha value is -2.32. The van der Waals surface area contributed by atoms with Crippen molar-refractivity contribution in [3.8, 4) is 11.1 Å². The molecule has 3 aromatic carbocycles. The lowest BCUT2D eigenvalue weighted by molar-refractivity contribution is 0.238. The highest BCUT2D eigenvalue weighted by Crippen LogP contribution is 2.17. The van der Waals surface area contributed by atoms with E-state index in [1.54, 1.807) is 0 Å². The average molecular weight is 323 g/mol. The largest absolute Gasteiger partial charge is 0.329 e. The van der Waals surface area contributed by atoms with Crippen LogP contribution in [0, 0.1) is 0 Å². The van der Waals surface area contributed by atoms with E-state index >= 15 is 0 Å². The Kier molecular flexibility index (Phi) is 7.15. The molecular weight excluding hydrogens is 305 g/mol. The van der Waals surface area contributed by atoms with Gasteiger partial charge >= 0.3 is 8.69 Å². The summed E-state index contributed by atoms with van der Waals surface area (Å²) in [4.78, 5) is 0. The Balaban J connectivity index is 0.000000168. The molecule has 3 aromatic rings. The van der Waals surface area contributed by atoms with Crippen LogP contribution in [0.2, 0.25) is 0 Å². The SMILES string of the molecule is NC(OP=O)c1ccccc1.c1ccc(-c2ccccc2)cc1. The van der Waals surface area contributed by atoms with Crippen molar-refractivity contribution in [1.82, 2.24) is 0 Å². The molecule has 23 heavy (non-hydrogen) atoms. The zero-order valence-corrected chi connectivity index (χ0v) is 13.5. The first-order chi connectivity index (χ1) is 11.3. The third-order valence-corrected chi connectivity index (χ3v) is 3.48. The van der Waals surface area contributed by atoms with Crippen LogP contribution in [0.1, 0.15) is 11.8 Å². The van der Waals surface area contributed by atoms with Crippen LogP contribution in [-0.2, 0) is 9.09 Å². The summed E-state index contributed by atoms with van der Waals surface area (Å²) in [6.45, 7) is 0. The van der Waals surface area contributed by atoms with E-state index in [-0.39, 0.29) is 0 Å². The van der Waals surface area contributed by atoms with E-state index in [2.05, 4.69) is 53.1 Å². The zero-order chi connectivity index (χ0) is 16.3. The molecular formula is C19H18NO2P. The Morgan fingerprint density at radius 2 is 1.09 bits per heavy atom. The molecule has 0 radical (unpaired) electrons. The Morgan fingerprint density at radius 1 is 0.696 bits per heavy atom. The smallest absolute Gasteiger partial charge is 0.301 e. The van der Waals surface area contributed by atoms with E-state index in [4.69, 9.17) is 5.73 Å². The maximum atomic E-state index is 9.98. The highest BCUT2D eigenvalue weighted by atomic mass is 31.1. The molecule has 0 aliphatic rings. The van der Waals surface area contributed by atoms with Gasteiger partial charge in [-0.2, -0.15) is 0 Å². The molecule has 2 N–H and O–H groups in total. The summed E-state index contributed by atoms with van der Waals surface area (Å²) in [7, 11) is -0.391. The fraction of sp³-hybridized carbons (Fsp3) is 0.0526. The predicted molar refractivity (Wildman–Crippen MR) is 93.9 cm³/mol. The molecule has 3 nitrogen and oxygen atoms in total. The maximum Gasteiger partial charge on any atom is 0.329 e. The molecule has 4 heteroatoms. The highest BCUT2D eigenvalue weighted by Gasteiger charge is 2.03. The highest BCUT2D eigenvalue weighted by molar-refractivity contribution is 7.17. The van der Waals surface area contributed by atoms with E-state index < -0.39 is 14.9 Å². The zero-order valence-electron chi connectivity index (χ0n) is 12.6. The summed E-state index contributed by atoms with van der Waals surface area (Å²) in [5.74, 6) is 0. The second kappa shape index (κ2) is 9.65. The van der Waals surface area contributed by atoms with Crippen molar-refractivity contribution in [2.45, 2.75) is 6.23 Å². The van der Waals surface area contributed by atoms with E-state index in [0.29, 0.717) is 0 Å². The van der Waals surface area contributed by atoms with Crippen LogP contribution in [0.15, 0.2) is 91.0 Å². The van der Waals surface area contributed by atoms with Gasteiger partial charge in [-0.05, 0) is 16.7 Å². The minimum absolute atomic E-state index is 0.391. The summed E-state index contributed by atoms with van der Waals surface area (Å²) in [5, 5.41) is 0. The molecule has 0 bridgehead atoms. The van der Waals surface area contributed by atoms with Crippen molar-refractivity contribution in [3.05, 3.63) is 96.6 Å². The lowest BCUT2D eigenvalue weighted by atomic mass is 10.1. The van der Waals surface area contributed by atoms with Crippen LogP contribution in [0.5, 0.6) is 0 Å². The van der Waals surface area contributed by atoms with Gasteiger partial charge in [0.25, 0.3) is 0 Å². The van der Waals surface area contributed by atoms with Gasteiger partial charge in [0.15, 0.2) is 0 Å². The molecule has 0 saturated heterocycles. The molecule has 0 amide bonds. The first kappa shape index (κ1) is 17.0. The average Bonchev–Trinajstić information content (AvgIpc) is 2.65. The summed E-state index contributed by atoms with van der Waals surface area (Å²) in [6.07, 6.45) is -0.602.